The first kappa shape index (κ1) is 20.0. The normalized spacial score (nSPS) is 8.83. The van der Waals surface area contributed by atoms with Gasteiger partial charge >= 0.3 is 12.1 Å². The van der Waals surface area contributed by atoms with Crippen molar-refractivity contribution in [3.05, 3.63) is 66.2 Å². The van der Waals surface area contributed by atoms with Crippen molar-refractivity contribution < 1.29 is 29.6 Å². The van der Waals surface area contributed by atoms with Gasteiger partial charge in [-0.25, -0.2) is 9.59 Å². The van der Waals surface area contributed by atoms with E-state index in [9.17, 15) is 9.90 Å². The standard InChI is InChI=1S/C10H12O3.C6H6.CH2O3/c1-7(2)13-10(12)8-5-3-4-6-9(8)11;1-2-4-6-5-3-1;2-1(3)4/h3-7,11H,1-2H3;1-6H;(H2,2,3,4). The molecule has 0 aliphatic heterocycles. The summed E-state index contributed by atoms with van der Waals surface area (Å²) >= 11 is 0. The molecule has 0 saturated carbocycles. The lowest BCUT2D eigenvalue weighted by Gasteiger charge is -2.08. The topological polar surface area (TPSA) is 104 Å². The Balaban J connectivity index is 0.000000398. The lowest BCUT2D eigenvalue weighted by atomic mass is 10.2. The van der Waals surface area contributed by atoms with Gasteiger partial charge in [0.25, 0.3) is 0 Å². The summed E-state index contributed by atoms with van der Waals surface area (Å²) in [5.74, 6) is -0.541. The van der Waals surface area contributed by atoms with Gasteiger partial charge in [-0.15, -0.1) is 0 Å². The number of phenols is 1. The van der Waals surface area contributed by atoms with Crippen LogP contribution in [0.2, 0.25) is 0 Å². The molecule has 0 unspecified atom stereocenters. The van der Waals surface area contributed by atoms with Crippen molar-refractivity contribution in [2.24, 2.45) is 0 Å². The third-order valence-electron chi connectivity index (χ3n) is 2.13. The largest absolute Gasteiger partial charge is 0.507 e. The number of rotatable bonds is 2. The summed E-state index contributed by atoms with van der Waals surface area (Å²) in [4.78, 5) is 19.8. The number of benzene rings is 2. The van der Waals surface area contributed by atoms with E-state index in [1.54, 1.807) is 26.0 Å². The number of ether oxygens (including phenoxy) is 1. The van der Waals surface area contributed by atoms with Gasteiger partial charge in [-0.05, 0) is 26.0 Å². The fourth-order valence-corrected chi connectivity index (χ4v) is 1.31. The molecule has 0 aliphatic rings. The van der Waals surface area contributed by atoms with Gasteiger partial charge in [-0.2, -0.15) is 0 Å². The first-order chi connectivity index (χ1) is 10.8. The molecule has 0 spiro atoms. The number of hydrogen-bond donors (Lipinski definition) is 3. The number of para-hydroxylation sites is 1. The van der Waals surface area contributed by atoms with Gasteiger partial charge in [-0.3, -0.25) is 0 Å². The molecule has 23 heavy (non-hydrogen) atoms. The van der Waals surface area contributed by atoms with Crippen molar-refractivity contribution in [3.63, 3.8) is 0 Å². The lowest BCUT2D eigenvalue weighted by Crippen LogP contribution is -2.11. The zero-order valence-corrected chi connectivity index (χ0v) is 12.9. The molecule has 2 rings (SSSR count). The highest BCUT2D eigenvalue weighted by Gasteiger charge is 2.12. The van der Waals surface area contributed by atoms with Crippen LogP contribution in [0.3, 0.4) is 0 Å². The Bertz CT molecular complexity index is 550. The molecule has 0 aromatic heterocycles. The van der Waals surface area contributed by atoms with Crippen LogP contribution in [0.5, 0.6) is 5.75 Å². The maximum absolute atomic E-state index is 11.3. The number of carboxylic acid groups (broad SMARTS) is 2. The maximum atomic E-state index is 11.3. The highest BCUT2D eigenvalue weighted by atomic mass is 16.6. The molecule has 124 valence electrons. The lowest BCUT2D eigenvalue weighted by molar-refractivity contribution is 0.0374. The molecular weight excluding hydrogens is 300 g/mol. The molecule has 0 bridgehead atoms. The summed E-state index contributed by atoms with van der Waals surface area (Å²) in [5.41, 5.74) is 0.205. The van der Waals surface area contributed by atoms with Crippen LogP contribution in [-0.4, -0.2) is 33.5 Å². The van der Waals surface area contributed by atoms with Gasteiger partial charge < -0.3 is 20.1 Å². The molecule has 6 heteroatoms. The van der Waals surface area contributed by atoms with E-state index in [1.807, 2.05) is 36.4 Å². The van der Waals surface area contributed by atoms with Gasteiger partial charge in [-0.1, -0.05) is 48.5 Å². The second-order valence-electron chi connectivity index (χ2n) is 4.41. The summed E-state index contributed by atoms with van der Waals surface area (Å²) in [5, 5.41) is 23.2. The minimum absolute atomic E-state index is 0.0480. The molecule has 3 N–H and O–H groups in total. The van der Waals surface area contributed by atoms with Crippen LogP contribution in [0.25, 0.3) is 0 Å². The van der Waals surface area contributed by atoms with Crippen LogP contribution in [0, 0.1) is 0 Å². The summed E-state index contributed by atoms with van der Waals surface area (Å²) in [7, 11) is 0. The minimum Gasteiger partial charge on any atom is -0.507 e. The van der Waals surface area contributed by atoms with Crippen molar-refractivity contribution in [1.82, 2.24) is 0 Å². The Morgan fingerprint density at radius 3 is 1.61 bits per heavy atom. The van der Waals surface area contributed by atoms with Crippen molar-refractivity contribution >= 4 is 12.1 Å². The minimum atomic E-state index is -1.83. The Kier molecular flexibility index (Phi) is 10.1. The maximum Gasteiger partial charge on any atom is 0.503 e. The van der Waals surface area contributed by atoms with Crippen molar-refractivity contribution in [2.45, 2.75) is 20.0 Å². The van der Waals surface area contributed by atoms with Gasteiger partial charge in [0.1, 0.15) is 11.3 Å². The molecular formula is C17H20O6. The van der Waals surface area contributed by atoms with E-state index < -0.39 is 12.1 Å². The van der Waals surface area contributed by atoms with Gasteiger partial charge in [0.15, 0.2) is 0 Å². The highest BCUT2D eigenvalue weighted by Crippen LogP contribution is 2.16. The molecule has 0 atom stereocenters. The van der Waals surface area contributed by atoms with E-state index in [2.05, 4.69) is 0 Å². The Morgan fingerprint density at radius 1 is 0.870 bits per heavy atom. The van der Waals surface area contributed by atoms with Crippen LogP contribution >= 0.6 is 0 Å². The third-order valence-corrected chi connectivity index (χ3v) is 2.13. The summed E-state index contributed by atoms with van der Waals surface area (Å²) in [6, 6.07) is 18.3. The van der Waals surface area contributed by atoms with Gasteiger partial charge in [0.05, 0.1) is 6.10 Å². The summed E-state index contributed by atoms with van der Waals surface area (Å²) in [6.45, 7) is 3.52. The fraction of sp³-hybridized carbons (Fsp3) is 0.176. The molecule has 2 aromatic rings. The zero-order chi connectivity index (χ0) is 17.7. The number of hydrogen-bond acceptors (Lipinski definition) is 4. The quantitative estimate of drug-likeness (QED) is 0.726. The van der Waals surface area contributed by atoms with Gasteiger partial charge in [0, 0.05) is 0 Å². The molecule has 0 aliphatic carbocycles. The molecule has 0 radical (unpaired) electrons. The van der Waals surface area contributed by atoms with E-state index >= 15 is 0 Å². The molecule has 0 saturated heterocycles. The molecule has 0 heterocycles. The number of esters is 1. The Labute approximate surface area is 134 Å². The number of carbonyl (C=O) groups is 2. The average molecular weight is 320 g/mol. The first-order valence-corrected chi connectivity index (χ1v) is 6.75. The second kappa shape index (κ2) is 11.6. The van der Waals surface area contributed by atoms with E-state index in [0.717, 1.165) is 0 Å². The van der Waals surface area contributed by atoms with Crippen LogP contribution in [-0.2, 0) is 4.74 Å². The predicted octanol–water partition coefficient (Wildman–Crippen LogP) is 3.87. The number of carbonyl (C=O) groups excluding carboxylic acids is 1. The Morgan fingerprint density at radius 2 is 1.26 bits per heavy atom. The van der Waals surface area contributed by atoms with Gasteiger partial charge in [0.2, 0.25) is 0 Å². The summed E-state index contributed by atoms with van der Waals surface area (Å²) in [6.07, 6.45) is -2.01. The number of aromatic hydroxyl groups is 1. The average Bonchev–Trinajstić information content (AvgIpc) is 2.49. The third kappa shape index (κ3) is 11.3. The second-order valence-corrected chi connectivity index (χ2v) is 4.41. The zero-order valence-electron chi connectivity index (χ0n) is 12.9. The van der Waals surface area contributed by atoms with Crippen molar-refractivity contribution in [1.29, 1.82) is 0 Å². The fourth-order valence-electron chi connectivity index (χ4n) is 1.31. The van der Waals surface area contributed by atoms with E-state index in [0.29, 0.717) is 0 Å². The van der Waals surface area contributed by atoms with Crippen LogP contribution in [0.15, 0.2) is 60.7 Å². The number of phenolic OH excluding ortho intramolecular Hbond substituents is 1. The van der Waals surface area contributed by atoms with Crippen LogP contribution in [0.4, 0.5) is 4.79 Å². The summed E-state index contributed by atoms with van der Waals surface area (Å²) < 4.78 is 4.92. The predicted molar refractivity (Wildman–Crippen MR) is 85.8 cm³/mol. The van der Waals surface area contributed by atoms with Crippen LogP contribution < -0.4 is 0 Å². The van der Waals surface area contributed by atoms with Crippen molar-refractivity contribution in [3.8, 4) is 5.75 Å². The monoisotopic (exact) mass is 320 g/mol. The van der Waals surface area contributed by atoms with E-state index in [1.165, 1.54) is 12.1 Å². The molecule has 0 fully saturated rings. The molecule has 6 nitrogen and oxygen atoms in total. The van der Waals surface area contributed by atoms with Crippen LogP contribution in [0.1, 0.15) is 24.2 Å². The highest BCUT2D eigenvalue weighted by molar-refractivity contribution is 5.92. The van der Waals surface area contributed by atoms with Crippen molar-refractivity contribution in [2.75, 3.05) is 0 Å². The first-order valence-electron chi connectivity index (χ1n) is 6.75. The van der Waals surface area contributed by atoms with E-state index in [4.69, 9.17) is 19.7 Å². The molecule has 2 aromatic carbocycles. The SMILES string of the molecule is CC(C)OC(=O)c1ccccc1O.O=C(O)O.c1ccccc1. The smallest absolute Gasteiger partial charge is 0.503 e. The Hall–Kier alpha value is -3.02. The molecule has 0 amide bonds. The van der Waals surface area contributed by atoms with E-state index in [-0.39, 0.29) is 17.4 Å².